The van der Waals surface area contributed by atoms with Gasteiger partial charge in [0.2, 0.25) is 0 Å². The summed E-state index contributed by atoms with van der Waals surface area (Å²) >= 11 is 0. The third-order valence-electron chi connectivity index (χ3n) is 4.42. The van der Waals surface area contributed by atoms with Crippen molar-refractivity contribution >= 4 is 17.4 Å². The van der Waals surface area contributed by atoms with Gasteiger partial charge in [-0.05, 0) is 36.6 Å². The molecule has 1 aromatic carbocycles. The number of benzene rings is 1. The van der Waals surface area contributed by atoms with Crippen LogP contribution in [0.4, 0.5) is 10.2 Å². The molecule has 3 aromatic rings. The van der Waals surface area contributed by atoms with Gasteiger partial charge >= 0.3 is 5.97 Å². The van der Waals surface area contributed by atoms with E-state index in [0.29, 0.717) is 17.9 Å². The lowest BCUT2D eigenvalue weighted by Gasteiger charge is -2.26. The molecule has 0 aliphatic carbocycles. The molecule has 7 nitrogen and oxygen atoms in total. The monoisotopic (exact) mass is 342 g/mol. The fraction of sp³-hybridized carbons (Fsp3) is 0.235. The maximum Gasteiger partial charge on any atom is 0.341 e. The summed E-state index contributed by atoms with van der Waals surface area (Å²) in [4.78, 5) is 17.7. The van der Waals surface area contributed by atoms with Gasteiger partial charge in [0.15, 0.2) is 5.65 Å². The zero-order chi connectivity index (χ0) is 17.6. The first-order valence-corrected chi connectivity index (χ1v) is 7.87. The van der Waals surface area contributed by atoms with Crippen LogP contribution < -0.4 is 4.90 Å². The minimum Gasteiger partial charge on any atom is -0.508 e. The predicted octanol–water partition coefficient (Wildman–Crippen LogP) is 2.61. The molecule has 4 rings (SSSR count). The van der Waals surface area contributed by atoms with Crippen molar-refractivity contribution in [3.8, 4) is 5.75 Å². The Hall–Kier alpha value is -3.16. The van der Waals surface area contributed by atoms with Crippen molar-refractivity contribution in [3.63, 3.8) is 0 Å². The number of carboxylic acid groups (broad SMARTS) is 1. The quantitative estimate of drug-likeness (QED) is 0.760. The zero-order valence-electron chi connectivity index (χ0n) is 13.1. The summed E-state index contributed by atoms with van der Waals surface area (Å²) in [5.41, 5.74) is 0.961. The van der Waals surface area contributed by atoms with Gasteiger partial charge in [-0.25, -0.2) is 18.7 Å². The highest BCUT2D eigenvalue weighted by atomic mass is 19.1. The molecule has 3 heterocycles. The average molecular weight is 342 g/mol. The van der Waals surface area contributed by atoms with Crippen LogP contribution in [0, 0.1) is 5.82 Å². The van der Waals surface area contributed by atoms with Crippen LogP contribution in [0.2, 0.25) is 0 Å². The van der Waals surface area contributed by atoms with E-state index in [1.807, 2.05) is 4.90 Å². The molecule has 1 aliphatic rings. The fourth-order valence-corrected chi connectivity index (χ4v) is 3.35. The molecule has 1 saturated heterocycles. The number of fused-ring (bicyclic) bond motifs is 1. The van der Waals surface area contributed by atoms with Gasteiger partial charge in [0.05, 0.1) is 12.2 Å². The molecule has 0 saturated carbocycles. The molecule has 1 fully saturated rings. The molecule has 0 radical (unpaired) electrons. The Kier molecular flexibility index (Phi) is 3.52. The van der Waals surface area contributed by atoms with Crippen LogP contribution in [-0.2, 0) is 0 Å². The first kappa shape index (κ1) is 15.4. The molecule has 0 bridgehead atoms. The Balaban J connectivity index is 1.76. The number of aromatic carboxylic acids is 1. The number of halogens is 1. The highest BCUT2D eigenvalue weighted by molar-refractivity contribution is 5.94. The van der Waals surface area contributed by atoms with Crippen LogP contribution in [0.5, 0.6) is 5.75 Å². The minimum atomic E-state index is -1.09. The Morgan fingerprint density at radius 3 is 2.92 bits per heavy atom. The summed E-state index contributed by atoms with van der Waals surface area (Å²) in [6.07, 6.45) is 4.60. The molecule has 0 amide bonds. The maximum absolute atomic E-state index is 13.6. The van der Waals surface area contributed by atoms with Gasteiger partial charge in [0.25, 0.3) is 0 Å². The third-order valence-corrected chi connectivity index (χ3v) is 4.42. The van der Waals surface area contributed by atoms with Crippen molar-refractivity contribution in [2.24, 2.45) is 0 Å². The van der Waals surface area contributed by atoms with Crippen molar-refractivity contribution in [2.45, 2.75) is 18.9 Å². The molecule has 128 valence electrons. The van der Waals surface area contributed by atoms with Crippen LogP contribution in [0.15, 0.2) is 36.7 Å². The maximum atomic E-state index is 13.6. The summed E-state index contributed by atoms with van der Waals surface area (Å²) in [6, 6.07) is 5.64. The topological polar surface area (TPSA) is 91.0 Å². The van der Waals surface area contributed by atoms with Crippen molar-refractivity contribution in [3.05, 3.63) is 53.6 Å². The largest absolute Gasteiger partial charge is 0.508 e. The molecular formula is C17H15FN4O3. The number of rotatable bonds is 3. The second-order valence-electron chi connectivity index (χ2n) is 6.01. The van der Waals surface area contributed by atoms with Gasteiger partial charge in [0, 0.05) is 18.8 Å². The number of phenolic OH excluding ortho intramolecular Hbond substituents is 1. The normalized spacial score (nSPS) is 17.3. The fourth-order valence-electron chi connectivity index (χ4n) is 3.35. The number of phenols is 1. The van der Waals surface area contributed by atoms with E-state index >= 15 is 0 Å². The molecule has 1 unspecified atom stereocenters. The van der Waals surface area contributed by atoms with Crippen molar-refractivity contribution < 1.29 is 19.4 Å². The smallest absolute Gasteiger partial charge is 0.341 e. The van der Waals surface area contributed by atoms with E-state index < -0.39 is 11.8 Å². The number of hydrogen-bond donors (Lipinski definition) is 2. The molecule has 1 aliphatic heterocycles. The summed E-state index contributed by atoms with van der Waals surface area (Å²) in [7, 11) is 0. The standard InChI is InChI=1S/C17H15FN4O3/c18-11-6-10(7-12(23)8-11)14-2-1-4-21(14)15-3-5-22-16(20-15)13(9-19-22)17(24)25/h3,5-9,14,23H,1-2,4H2,(H,24,25). The first-order chi connectivity index (χ1) is 12.0. The highest BCUT2D eigenvalue weighted by Crippen LogP contribution is 2.36. The number of anilines is 1. The van der Waals surface area contributed by atoms with Crippen molar-refractivity contribution in [1.82, 2.24) is 14.6 Å². The molecule has 2 N–H and O–H groups in total. The lowest BCUT2D eigenvalue weighted by atomic mass is 10.0. The number of hydrogen-bond acceptors (Lipinski definition) is 5. The van der Waals surface area contributed by atoms with Crippen LogP contribution in [0.1, 0.15) is 34.8 Å². The van der Waals surface area contributed by atoms with E-state index in [4.69, 9.17) is 0 Å². The molecule has 8 heteroatoms. The average Bonchev–Trinajstić information content (AvgIpc) is 3.20. The van der Waals surface area contributed by atoms with Crippen LogP contribution in [0.3, 0.4) is 0 Å². The Bertz CT molecular complexity index is 951. The molecule has 25 heavy (non-hydrogen) atoms. The van der Waals surface area contributed by atoms with Crippen LogP contribution in [0.25, 0.3) is 5.65 Å². The highest BCUT2D eigenvalue weighted by Gasteiger charge is 2.28. The lowest BCUT2D eigenvalue weighted by molar-refractivity contribution is 0.0698. The van der Waals surface area contributed by atoms with Gasteiger partial charge in [-0.2, -0.15) is 5.10 Å². The Morgan fingerprint density at radius 1 is 1.32 bits per heavy atom. The first-order valence-electron chi connectivity index (χ1n) is 7.87. The number of aromatic hydroxyl groups is 1. The molecule has 2 aromatic heterocycles. The number of aromatic nitrogens is 3. The molecule has 0 spiro atoms. The summed E-state index contributed by atoms with van der Waals surface area (Å²) in [5, 5.41) is 22.9. The van der Waals surface area contributed by atoms with E-state index in [9.17, 15) is 19.4 Å². The van der Waals surface area contributed by atoms with E-state index in [2.05, 4.69) is 10.1 Å². The second kappa shape index (κ2) is 5.73. The van der Waals surface area contributed by atoms with E-state index in [1.165, 1.54) is 16.8 Å². The third kappa shape index (κ3) is 2.65. The van der Waals surface area contributed by atoms with Crippen molar-refractivity contribution in [2.75, 3.05) is 11.4 Å². The SMILES string of the molecule is O=C(O)c1cnn2ccc(N3CCCC3c3cc(O)cc(F)c3)nc12. The zero-order valence-corrected chi connectivity index (χ0v) is 13.1. The molecule has 1 atom stereocenters. The van der Waals surface area contributed by atoms with Gasteiger partial charge < -0.3 is 15.1 Å². The van der Waals surface area contributed by atoms with Crippen LogP contribution in [-0.4, -0.2) is 37.3 Å². The molecular weight excluding hydrogens is 327 g/mol. The Morgan fingerprint density at radius 2 is 2.16 bits per heavy atom. The van der Waals surface area contributed by atoms with E-state index in [-0.39, 0.29) is 23.0 Å². The summed E-state index contributed by atoms with van der Waals surface area (Å²) in [5.74, 6) is -1.10. The van der Waals surface area contributed by atoms with E-state index in [1.54, 1.807) is 18.3 Å². The van der Waals surface area contributed by atoms with Crippen LogP contribution >= 0.6 is 0 Å². The van der Waals surface area contributed by atoms with Gasteiger partial charge in [-0.15, -0.1) is 0 Å². The van der Waals surface area contributed by atoms with Crippen molar-refractivity contribution in [1.29, 1.82) is 0 Å². The Labute approximate surface area is 142 Å². The second-order valence-corrected chi connectivity index (χ2v) is 6.01. The predicted molar refractivity (Wildman–Crippen MR) is 87.3 cm³/mol. The number of carboxylic acids is 1. The number of nitrogens with zero attached hydrogens (tertiary/aromatic N) is 4. The van der Waals surface area contributed by atoms with Gasteiger partial charge in [-0.1, -0.05) is 0 Å². The minimum absolute atomic E-state index is 0.0287. The number of carbonyl (C=O) groups is 1. The van der Waals surface area contributed by atoms with Gasteiger partial charge in [0.1, 0.15) is 22.9 Å². The lowest BCUT2D eigenvalue weighted by Crippen LogP contribution is -2.24. The van der Waals surface area contributed by atoms with Gasteiger partial charge in [-0.3, -0.25) is 0 Å². The van der Waals surface area contributed by atoms with E-state index in [0.717, 1.165) is 18.9 Å². The summed E-state index contributed by atoms with van der Waals surface area (Å²) in [6.45, 7) is 0.710. The summed E-state index contributed by atoms with van der Waals surface area (Å²) < 4.78 is 15.1.